The fraction of sp³-hybridized carbons (Fsp3) is 0.917. The van der Waals surface area contributed by atoms with Gasteiger partial charge in [0.25, 0.3) is 0 Å². The first-order chi connectivity index (χ1) is 9.03. The SMILES string of the molecule is CC(=O)N1CC(C)C(N(NS(C)(=O)=O)C(C)C)C(O)C1. The van der Waals surface area contributed by atoms with E-state index in [4.69, 9.17) is 0 Å². The number of carbonyl (C=O) groups is 1. The van der Waals surface area contributed by atoms with Gasteiger partial charge in [-0.25, -0.2) is 13.4 Å². The van der Waals surface area contributed by atoms with Crippen LogP contribution in [0.2, 0.25) is 0 Å². The Kier molecular flexibility index (Phi) is 5.54. The molecule has 0 aromatic carbocycles. The molecule has 1 fully saturated rings. The van der Waals surface area contributed by atoms with Crippen molar-refractivity contribution in [1.82, 2.24) is 14.7 Å². The van der Waals surface area contributed by atoms with Crippen LogP contribution in [0.15, 0.2) is 0 Å². The molecule has 1 aliphatic heterocycles. The fourth-order valence-corrected chi connectivity index (χ4v) is 3.38. The third kappa shape index (κ3) is 4.41. The molecule has 0 aromatic rings. The van der Waals surface area contributed by atoms with Gasteiger partial charge in [0.2, 0.25) is 15.9 Å². The number of hydrogen-bond donors (Lipinski definition) is 2. The molecule has 3 unspecified atom stereocenters. The van der Waals surface area contributed by atoms with Crippen molar-refractivity contribution in [1.29, 1.82) is 0 Å². The Morgan fingerprint density at radius 1 is 1.40 bits per heavy atom. The Balaban J connectivity index is 2.94. The molecule has 1 saturated heterocycles. The summed E-state index contributed by atoms with van der Waals surface area (Å²) < 4.78 is 23.0. The molecule has 118 valence electrons. The second-order valence-electron chi connectivity index (χ2n) is 5.82. The van der Waals surface area contributed by atoms with Gasteiger partial charge in [0.15, 0.2) is 0 Å². The van der Waals surface area contributed by atoms with Gasteiger partial charge < -0.3 is 10.0 Å². The van der Waals surface area contributed by atoms with Gasteiger partial charge in [-0.15, -0.1) is 4.83 Å². The van der Waals surface area contributed by atoms with E-state index in [1.807, 2.05) is 20.8 Å². The van der Waals surface area contributed by atoms with Gasteiger partial charge in [-0.1, -0.05) is 6.92 Å². The molecule has 0 aromatic heterocycles. The summed E-state index contributed by atoms with van der Waals surface area (Å²) in [5.74, 6) is -0.124. The first kappa shape index (κ1) is 17.4. The second-order valence-corrected chi connectivity index (χ2v) is 7.55. The molecule has 0 bridgehead atoms. The van der Waals surface area contributed by atoms with Gasteiger partial charge in [0.1, 0.15) is 0 Å². The van der Waals surface area contributed by atoms with E-state index in [-0.39, 0.29) is 30.5 Å². The van der Waals surface area contributed by atoms with Gasteiger partial charge >= 0.3 is 0 Å². The summed E-state index contributed by atoms with van der Waals surface area (Å²) in [4.78, 5) is 15.5. The molecule has 8 heteroatoms. The van der Waals surface area contributed by atoms with Crippen LogP contribution in [-0.2, 0) is 14.8 Å². The molecule has 20 heavy (non-hydrogen) atoms. The lowest BCUT2D eigenvalue weighted by Gasteiger charge is -2.46. The molecule has 1 aliphatic rings. The number of amides is 1. The van der Waals surface area contributed by atoms with Gasteiger partial charge in [-0.05, 0) is 19.8 Å². The Bertz CT molecular complexity index is 440. The average molecular weight is 307 g/mol. The number of β-amino-alcohol motifs (C(OH)–C–C–N with tert-alkyl or cyclic N) is 1. The number of hydrazine groups is 1. The van der Waals surface area contributed by atoms with E-state index in [1.54, 1.807) is 9.91 Å². The Hall–Kier alpha value is -0.700. The van der Waals surface area contributed by atoms with Gasteiger partial charge in [0.05, 0.1) is 18.4 Å². The molecular weight excluding hydrogens is 282 g/mol. The normalized spacial score (nSPS) is 28.2. The molecule has 7 nitrogen and oxygen atoms in total. The fourth-order valence-electron chi connectivity index (χ4n) is 2.66. The Morgan fingerprint density at radius 3 is 2.30 bits per heavy atom. The van der Waals surface area contributed by atoms with E-state index >= 15 is 0 Å². The van der Waals surface area contributed by atoms with Crippen LogP contribution in [0, 0.1) is 5.92 Å². The summed E-state index contributed by atoms with van der Waals surface area (Å²) in [5.41, 5.74) is 0. The van der Waals surface area contributed by atoms with Crippen LogP contribution in [0.5, 0.6) is 0 Å². The average Bonchev–Trinajstić information content (AvgIpc) is 2.24. The van der Waals surface area contributed by atoms with Crippen molar-refractivity contribution in [3.05, 3.63) is 0 Å². The summed E-state index contributed by atoms with van der Waals surface area (Å²) in [5, 5.41) is 11.9. The van der Waals surface area contributed by atoms with Crippen LogP contribution >= 0.6 is 0 Å². The van der Waals surface area contributed by atoms with E-state index in [2.05, 4.69) is 4.83 Å². The zero-order chi connectivity index (χ0) is 15.7. The molecule has 1 rings (SSSR count). The molecule has 0 spiro atoms. The van der Waals surface area contributed by atoms with Crippen LogP contribution in [0.4, 0.5) is 0 Å². The summed E-state index contributed by atoms with van der Waals surface area (Å²) in [7, 11) is -3.41. The van der Waals surface area contributed by atoms with E-state index in [0.717, 1.165) is 6.26 Å². The van der Waals surface area contributed by atoms with Crippen LogP contribution in [0.3, 0.4) is 0 Å². The lowest BCUT2D eigenvalue weighted by molar-refractivity contribution is -0.137. The zero-order valence-corrected chi connectivity index (χ0v) is 13.5. The van der Waals surface area contributed by atoms with Crippen molar-refractivity contribution in [2.75, 3.05) is 19.3 Å². The number of nitrogens with one attached hydrogen (secondary N) is 1. The van der Waals surface area contributed by atoms with Crippen molar-refractivity contribution >= 4 is 15.9 Å². The predicted molar refractivity (Wildman–Crippen MR) is 76.2 cm³/mol. The van der Waals surface area contributed by atoms with Crippen molar-refractivity contribution in [3.8, 4) is 0 Å². The maximum atomic E-state index is 11.5. The summed E-state index contributed by atoms with van der Waals surface area (Å²) >= 11 is 0. The van der Waals surface area contributed by atoms with E-state index < -0.39 is 16.1 Å². The lowest BCUT2D eigenvalue weighted by atomic mass is 9.90. The highest BCUT2D eigenvalue weighted by Gasteiger charge is 2.40. The standard InChI is InChI=1S/C12H25N3O4S/c1-8(2)15(13-20(5,18)19)12-9(3)6-14(10(4)16)7-11(12)17/h8-9,11-13,17H,6-7H2,1-5H3. The number of piperidine rings is 1. The second kappa shape index (κ2) is 6.38. The molecule has 0 radical (unpaired) electrons. The van der Waals surface area contributed by atoms with Crippen LogP contribution in [0.25, 0.3) is 0 Å². The van der Waals surface area contributed by atoms with Crippen molar-refractivity contribution in [2.45, 2.75) is 45.9 Å². The molecule has 0 aliphatic carbocycles. The minimum atomic E-state index is -3.41. The molecule has 3 atom stereocenters. The summed E-state index contributed by atoms with van der Waals surface area (Å²) in [6, 6.07) is -0.462. The maximum absolute atomic E-state index is 11.5. The third-order valence-electron chi connectivity index (χ3n) is 3.49. The highest BCUT2D eigenvalue weighted by atomic mass is 32.2. The van der Waals surface area contributed by atoms with Gasteiger partial charge in [-0.3, -0.25) is 4.79 Å². The Labute approximate surface area is 121 Å². The number of carbonyl (C=O) groups excluding carboxylic acids is 1. The predicted octanol–water partition coefficient (Wildman–Crippen LogP) is -0.611. The minimum absolute atomic E-state index is 0.0423. The van der Waals surface area contributed by atoms with Crippen LogP contribution < -0.4 is 4.83 Å². The minimum Gasteiger partial charge on any atom is -0.390 e. The number of rotatable bonds is 4. The zero-order valence-electron chi connectivity index (χ0n) is 12.7. The highest BCUT2D eigenvalue weighted by molar-refractivity contribution is 7.88. The monoisotopic (exact) mass is 307 g/mol. The number of likely N-dealkylation sites (tertiary alicyclic amines) is 1. The largest absolute Gasteiger partial charge is 0.390 e. The maximum Gasteiger partial charge on any atom is 0.221 e. The van der Waals surface area contributed by atoms with E-state index in [1.165, 1.54) is 6.92 Å². The number of sulfonamides is 1. The first-order valence-electron chi connectivity index (χ1n) is 6.72. The van der Waals surface area contributed by atoms with Crippen LogP contribution in [-0.4, -0.2) is 66.9 Å². The van der Waals surface area contributed by atoms with Crippen molar-refractivity contribution < 1.29 is 18.3 Å². The molecule has 1 heterocycles. The topological polar surface area (TPSA) is 90.0 Å². The number of nitrogens with zero attached hydrogens (tertiary/aromatic N) is 2. The van der Waals surface area contributed by atoms with Crippen molar-refractivity contribution in [2.24, 2.45) is 5.92 Å². The summed E-state index contributed by atoms with van der Waals surface area (Å²) in [6.07, 6.45) is 0.295. The van der Waals surface area contributed by atoms with E-state index in [0.29, 0.717) is 6.54 Å². The molecular formula is C12H25N3O4S. The molecule has 1 amide bonds. The van der Waals surface area contributed by atoms with E-state index in [9.17, 15) is 18.3 Å². The molecule has 2 N–H and O–H groups in total. The lowest BCUT2D eigenvalue weighted by Crippen LogP contribution is -2.64. The smallest absolute Gasteiger partial charge is 0.221 e. The van der Waals surface area contributed by atoms with Crippen molar-refractivity contribution in [3.63, 3.8) is 0 Å². The third-order valence-corrected chi connectivity index (χ3v) is 4.03. The van der Waals surface area contributed by atoms with Crippen LogP contribution in [0.1, 0.15) is 27.7 Å². The molecule has 0 saturated carbocycles. The number of hydrogen-bond acceptors (Lipinski definition) is 5. The Morgan fingerprint density at radius 2 is 1.95 bits per heavy atom. The van der Waals surface area contributed by atoms with Gasteiger partial charge in [0, 0.05) is 26.1 Å². The summed E-state index contributed by atoms with van der Waals surface area (Å²) in [6.45, 7) is 7.81. The quantitative estimate of drug-likeness (QED) is 0.676. The number of aliphatic hydroxyl groups is 1. The highest BCUT2D eigenvalue weighted by Crippen LogP contribution is 2.23. The van der Waals surface area contributed by atoms with Gasteiger partial charge in [-0.2, -0.15) is 0 Å². The number of aliphatic hydroxyl groups excluding tert-OH is 1. The first-order valence-corrected chi connectivity index (χ1v) is 8.61.